The molecule has 0 unspecified atom stereocenters. The summed E-state index contributed by atoms with van der Waals surface area (Å²) in [6, 6.07) is 11.4. The number of nitrogens with zero attached hydrogens (tertiary/aromatic N) is 2. The van der Waals surface area contributed by atoms with E-state index in [1.165, 1.54) is 12.4 Å². The Balaban J connectivity index is 1.74. The van der Waals surface area contributed by atoms with Crippen molar-refractivity contribution in [3.05, 3.63) is 76.0 Å². The molecule has 2 aromatic heterocycles. The second-order valence-electron chi connectivity index (χ2n) is 5.62. The topological polar surface area (TPSA) is 96.0 Å². The maximum Gasteiger partial charge on any atom is 0.258 e. The number of pyridine rings is 2. The molecule has 142 valence electrons. The summed E-state index contributed by atoms with van der Waals surface area (Å²) < 4.78 is 0. The standard InChI is InChI=1S/C19H15Cl2N5O2/c1-22-18(27)11-5-6-15(24-10-11)26-16-9-12(7-8-23-16)25-19(28)17-13(20)3-2-4-14(17)21/h2-10H,1H3,(H,22,27)(H2,23,24,25,26,28). The molecule has 0 saturated carbocycles. The minimum atomic E-state index is -0.430. The van der Waals surface area contributed by atoms with Crippen LogP contribution in [0.3, 0.4) is 0 Å². The molecule has 3 rings (SSSR count). The van der Waals surface area contributed by atoms with Crippen LogP contribution in [-0.2, 0) is 0 Å². The molecular weight excluding hydrogens is 401 g/mol. The molecular formula is C19H15Cl2N5O2. The van der Waals surface area contributed by atoms with Crippen molar-refractivity contribution in [2.24, 2.45) is 0 Å². The van der Waals surface area contributed by atoms with Crippen molar-refractivity contribution < 1.29 is 9.59 Å². The summed E-state index contributed by atoms with van der Waals surface area (Å²) in [7, 11) is 1.55. The number of hydrogen-bond donors (Lipinski definition) is 3. The molecule has 28 heavy (non-hydrogen) atoms. The number of anilines is 3. The van der Waals surface area contributed by atoms with Crippen molar-refractivity contribution in [1.82, 2.24) is 15.3 Å². The average molecular weight is 416 g/mol. The molecule has 0 fully saturated rings. The first-order chi connectivity index (χ1) is 13.5. The number of nitrogens with one attached hydrogen (secondary N) is 3. The fourth-order valence-corrected chi connectivity index (χ4v) is 2.93. The maximum atomic E-state index is 12.5. The molecule has 1 aromatic carbocycles. The lowest BCUT2D eigenvalue weighted by molar-refractivity contribution is 0.0961. The summed E-state index contributed by atoms with van der Waals surface area (Å²) in [5.74, 6) is 0.307. The zero-order chi connectivity index (χ0) is 20.1. The van der Waals surface area contributed by atoms with Crippen molar-refractivity contribution >= 4 is 52.3 Å². The molecule has 0 aliphatic rings. The van der Waals surface area contributed by atoms with Gasteiger partial charge < -0.3 is 16.0 Å². The highest BCUT2D eigenvalue weighted by Crippen LogP contribution is 2.25. The van der Waals surface area contributed by atoms with Crippen molar-refractivity contribution in [2.45, 2.75) is 0 Å². The van der Waals surface area contributed by atoms with Crippen LogP contribution >= 0.6 is 23.2 Å². The first kappa shape index (κ1) is 19.6. The zero-order valence-corrected chi connectivity index (χ0v) is 16.2. The fourth-order valence-electron chi connectivity index (χ4n) is 2.36. The molecule has 9 heteroatoms. The van der Waals surface area contributed by atoms with Crippen LogP contribution in [0.15, 0.2) is 54.9 Å². The zero-order valence-electron chi connectivity index (χ0n) is 14.7. The monoisotopic (exact) mass is 415 g/mol. The Hall–Kier alpha value is -3.16. The number of halogens is 2. The molecule has 0 spiro atoms. The molecule has 3 N–H and O–H groups in total. The molecule has 0 radical (unpaired) electrons. The van der Waals surface area contributed by atoms with Crippen molar-refractivity contribution in [3.8, 4) is 0 Å². The summed E-state index contributed by atoms with van der Waals surface area (Å²) in [6.07, 6.45) is 2.98. The first-order valence-electron chi connectivity index (χ1n) is 8.14. The van der Waals surface area contributed by atoms with Crippen LogP contribution in [0.25, 0.3) is 0 Å². The SMILES string of the molecule is CNC(=O)c1ccc(Nc2cc(NC(=O)c3c(Cl)cccc3Cl)ccn2)nc1. The van der Waals surface area contributed by atoms with E-state index in [1.807, 2.05) is 0 Å². The van der Waals surface area contributed by atoms with Gasteiger partial charge in [-0.25, -0.2) is 9.97 Å². The quantitative estimate of drug-likeness (QED) is 0.581. The second kappa shape index (κ2) is 8.69. The molecule has 0 aliphatic heterocycles. The van der Waals surface area contributed by atoms with Gasteiger partial charge in [0, 0.05) is 31.2 Å². The third-order valence-electron chi connectivity index (χ3n) is 3.72. The number of benzene rings is 1. The Morgan fingerprint density at radius 2 is 1.68 bits per heavy atom. The largest absolute Gasteiger partial charge is 0.355 e. The Bertz CT molecular complexity index is 1000. The van der Waals surface area contributed by atoms with Gasteiger partial charge in [0.05, 0.1) is 21.2 Å². The predicted molar refractivity (Wildman–Crippen MR) is 110 cm³/mol. The Labute approximate surface area is 171 Å². The minimum Gasteiger partial charge on any atom is -0.355 e. The first-order valence-corrected chi connectivity index (χ1v) is 8.90. The minimum absolute atomic E-state index is 0.198. The summed E-state index contributed by atoms with van der Waals surface area (Å²) in [5.41, 5.74) is 1.14. The van der Waals surface area contributed by atoms with Gasteiger partial charge in [-0.2, -0.15) is 0 Å². The van der Waals surface area contributed by atoms with Crippen LogP contribution in [0.1, 0.15) is 20.7 Å². The number of amides is 2. The molecule has 7 nitrogen and oxygen atoms in total. The summed E-state index contributed by atoms with van der Waals surface area (Å²) in [6.45, 7) is 0. The third-order valence-corrected chi connectivity index (χ3v) is 4.35. The Kier molecular flexibility index (Phi) is 6.08. The van der Waals surface area contributed by atoms with Crippen LogP contribution in [0.4, 0.5) is 17.3 Å². The Morgan fingerprint density at radius 3 is 2.32 bits per heavy atom. The van der Waals surface area contributed by atoms with Gasteiger partial charge in [0.15, 0.2) is 0 Å². The van der Waals surface area contributed by atoms with Crippen molar-refractivity contribution in [3.63, 3.8) is 0 Å². The number of hydrogen-bond acceptors (Lipinski definition) is 5. The van der Waals surface area contributed by atoms with Gasteiger partial charge in [-0.3, -0.25) is 9.59 Å². The molecule has 0 saturated heterocycles. The summed E-state index contributed by atoms with van der Waals surface area (Å²) in [4.78, 5) is 32.4. The average Bonchev–Trinajstić information content (AvgIpc) is 2.68. The lowest BCUT2D eigenvalue weighted by atomic mass is 10.2. The van der Waals surface area contributed by atoms with E-state index in [0.717, 1.165) is 0 Å². The molecule has 0 bridgehead atoms. The molecule has 3 aromatic rings. The third kappa shape index (κ3) is 4.57. The Morgan fingerprint density at radius 1 is 0.929 bits per heavy atom. The van der Waals surface area contributed by atoms with E-state index in [-0.39, 0.29) is 21.5 Å². The van der Waals surface area contributed by atoms with Gasteiger partial charge in [-0.1, -0.05) is 29.3 Å². The summed E-state index contributed by atoms with van der Waals surface area (Å²) >= 11 is 12.1. The van der Waals surface area contributed by atoms with Crippen molar-refractivity contribution in [2.75, 3.05) is 17.7 Å². The van der Waals surface area contributed by atoms with Gasteiger partial charge in [-0.15, -0.1) is 0 Å². The van der Waals surface area contributed by atoms with E-state index in [2.05, 4.69) is 25.9 Å². The van der Waals surface area contributed by atoms with Crippen molar-refractivity contribution in [1.29, 1.82) is 0 Å². The van der Waals surface area contributed by atoms with E-state index in [1.54, 1.807) is 49.5 Å². The molecule has 2 heterocycles. The van der Waals surface area contributed by atoms with Gasteiger partial charge in [-0.05, 0) is 30.3 Å². The number of carbonyl (C=O) groups is 2. The van der Waals surface area contributed by atoms with E-state index >= 15 is 0 Å². The highest BCUT2D eigenvalue weighted by molar-refractivity contribution is 6.40. The number of aromatic nitrogens is 2. The van der Waals surface area contributed by atoms with Crippen LogP contribution in [0, 0.1) is 0 Å². The molecule has 0 atom stereocenters. The van der Waals surface area contributed by atoms with E-state index in [0.29, 0.717) is 22.9 Å². The van der Waals surface area contributed by atoms with Gasteiger partial charge in [0.1, 0.15) is 11.6 Å². The summed E-state index contributed by atoms with van der Waals surface area (Å²) in [5, 5.41) is 8.79. The molecule has 2 amide bonds. The predicted octanol–water partition coefficient (Wildman–Crippen LogP) is 4.14. The highest BCUT2D eigenvalue weighted by Gasteiger charge is 2.15. The van der Waals surface area contributed by atoms with Crippen LogP contribution in [0.2, 0.25) is 10.0 Å². The molecule has 0 aliphatic carbocycles. The van der Waals surface area contributed by atoms with Gasteiger partial charge in [0.25, 0.3) is 11.8 Å². The maximum absolute atomic E-state index is 12.5. The lowest BCUT2D eigenvalue weighted by Crippen LogP contribution is -2.17. The van der Waals surface area contributed by atoms with E-state index < -0.39 is 5.91 Å². The van der Waals surface area contributed by atoms with Crippen LogP contribution in [-0.4, -0.2) is 28.8 Å². The lowest BCUT2D eigenvalue weighted by Gasteiger charge is -2.10. The highest BCUT2D eigenvalue weighted by atomic mass is 35.5. The van der Waals surface area contributed by atoms with E-state index in [9.17, 15) is 9.59 Å². The van der Waals surface area contributed by atoms with Gasteiger partial charge >= 0.3 is 0 Å². The van der Waals surface area contributed by atoms with E-state index in [4.69, 9.17) is 23.2 Å². The number of carbonyl (C=O) groups excluding carboxylic acids is 2. The second-order valence-corrected chi connectivity index (χ2v) is 6.43. The van der Waals surface area contributed by atoms with Crippen LogP contribution < -0.4 is 16.0 Å². The van der Waals surface area contributed by atoms with Crippen LogP contribution in [0.5, 0.6) is 0 Å². The normalized spacial score (nSPS) is 10.2. The van der Waals surface area contributed by atoms with Gasteiger partial charge in [0.2, 0.25) is 0 Å². The smallest absolute Gasteiger partial charge is 0.258 e. The number of rotatable bonds is 5. The fraction of sp³-hybridized carbons (Fsp3) is 0.0526.